The topological polar surface area (TPSA) is 70.0 Å². The lowest BCUT2D eigenvalue weighted by Gasteiger charge is -2.33. The quantitative estimate of drug-likeness (QED) is 0.414. The number of nitrogens with zero attached hydrogens (tertiary/aromatic N) is 3. The number of ether oxygens (including phenoxy) is 1. The summed E-state index contributed by atoms with van der Waals surface area (Å²) < 4.78 is 5.62. The predicted octanol–water partition coefficient (Wildman–Crippen LogP) is 1.60. The number of rotatable bonds is 2. The Balaban J connectivity index is 1.88. The monoisotopic (exact) mass is 196 g/mol. The summed E-state index contributed by atoms with van der Waals surface area (Å²) in [4.78, 5) is 2.76. The fourth-order valence-electron chi connectivity index (χ4n) is 2.40. The van der Waals surface area contributed by atoms with Crippen LogP contribution in [0.5, 0.6) is 0 Å². The molecule has 0 aromatic heterocycles. The van der Waals surface area contributed by atoms with Gasteiger partial charge in [-0.25, -0.2) is 0 Å². The highest BCUT2D eigenvalue weighted by Crippen LogP contribution is 2.31. The molecule has 1 N–H and O–H groups in total. The average Bonchev–Trinajstić information content (AvgIpc) is 2.60. The Morgan fingerprint density at radius 1 is 1.57 bits per heavy atom. The first-order chi connectivity index (χ1) is 6.85. The summed E-state index contributed by atoms with van der Waals surface area (Å²) in [5.74, 6) is 0. The van der Waals surface area contributed by atoms with Crippen LogP contribution in [0.15, 0.2) is 5.11 Å². The smallest absolute Gasteiger partial charge is 0.0653 e. The molecule has 2 aliphatic heterocycles. The largest absolute Gasteiger partial charge is 0.376 e. The fourth-order valence-corrected chi connectivity index (χ4v) is 2.40. The van der Waals surface area contributed by atoms with E-state index in [1.54, 1.807) is 0 Å². The minimum absolute atomic E-state index is 0.122. The molecule has 2 saturated heterocycles. The van der Waals surface area contributed by atoms with Gasteiger partial charge in [-0.2, -0.15) is 0 Å². The van der Waals surface area contributed by atoms with Crippen molar-refractivity contribution in [1.82, 2.24) is 5.32 Å². The molecule has 0 amide bonds. The maximum absolute atomic E-state index is 8.22. The Bertz CT molecular complexity index is 243. The van der Waals surface area contributed by atoms with Crippen molar-refractivity contribution < 1.29 is 4.74 Å². The minimum Gasteiger partial charge on any atom is -0.376 e. The van der Waals surface area contributed by atoms with Crippen LogP contribution in [0.3, 0.4) is 0 Å². The first kappa shape index (κ1) is 9.77. The fraction of sp³-hybridized carbons (Fsp3) is 1.00. The molecule has 1 spiro atoms. The Labute approximate surface area is 83.4 Å². The van der Waals surface area contributed by atoms with E-state index in [4.69, 9.17) is 10.3 Å². The van der Waals surface area contributed by atoms with Gasteiger partial charge in [0.05, 0.1) is 19.3 Å². The second kappa shape index (κ2) is 4.17. The Morgan fingerprint density at radius 2 is 2.50 bits per heavy atom. The highest BCUT2D eigenvalue weighted by molar-refractivity contribution is 4.97. The van der Waals surface area contributed by atoms with E-state index in [1.807, 2.05) is 0 Å². The molecule has 0 aliphatic carbocycles. The number of nitrogens with one attached hydrogen (secondary N) is 1. The van der Waals surface area contributed by atoms with Crippen LogP contribution in [-0.4, -0.2) is 31.3 Å². The third-order valence-corrected chi connectivity index (χ3v) is 3.14. The number of azide groups is 1. The summed E-state index contributed by atoms with van der Waals surface area (Å²) in [6.07, 6.45) is 4.86. The Kier molecular flexibility index (Phi) is 2.91. The Hall–Kier alpha value is -0.770. The highest BCUT2D eigenvalue weighted by Gasteiger charge is 2.40. The van der Waals surface area contributed by atoms with Crippen LogP contribution in [-0.2, 0) is 4.74 Å². The minimum atomic E-state index is 0.122. The summed E-state index contributed by atoms with van der Waals surface area (Å²) in [6.45, 7) is 2.34. The van der Waals surface area contributed by atoms with Crippen molar-refractivity contribution >= 4 is 0 Å². The molecule has 5 nitrogen and oxygen atoms in total. The number of hydrogen-bond acceptors (Lipinski definition) is 3. The average molecular weight is 196 g/mol. The third-order valence-electron chi connectivity index (χ3n) is 3.14. The molecule has 14 heavy (non-hydrogen) atoms. The van der Waals surface area contributed by atoms with E-state index in [1.165, 1.54) is 19.3 Å². The molecule has 0 radical (unpaired) electrons. The molecular weight excluding hydrogens is 180 g/mol. The van der Waals surface area contributed by atoms with Crippen LogP contribution in [0.4, 0.5) is 0 Å². The van der Waals surface area contributed by atoms with Gasteiger partial charge in [-0.05, 0) is 31.3 Å². The van der Waals surface area contributed by atoms with Crippen LogP contribution < -0.4 is 5.32 Å². The van der Waals surface area contributed by atoms with Crippen molar-refractivity contribution in [2.45, 2.75) is 37.3 Å². The Morgan fingerprint density at radius 3 is 3.21 bits per heavy atom. The molecular formula is C9H16N4O. The number of piperidine rings is 1. The summed E-state index contributed by atoms with van der Waals surface area (Å²) in [7, 11) is 0. The van der Waals surface area contributed by atoms with Crippen molar-refractivity contribution in [1.29, 1.82) is 0 Å². The molecule has 0 aromatic carbocycles. The van der Waals surface area contributed by atoms with Gasteiger partial charge in [0.2, 0.25) is 0 Å². The van der Waals surface area contributed by atoms with E-state index in [-0.39, 0.29) is 11.6 Å². The van der Waals surface area contributed by atoms with Crippen LogP contribution in [0, 0.1) is 0 Å². The van der Waals surface area contributed by atoms with Crippen molar-refractivity contribution in [3.63, 3.8) is 0 Å². The van der Waals surface area contributed by atoms with Gasteiger partial charge >= 0.3 is 0 Å². The lowest BCUT2D eigenvalue weighted by atomic mass is 9.87. The first-order valence-electron chi connectivity index (χ1n) is 5.22. The molecule has 78 valence electrons. The highest BCUT2D eigenvalue weighted by atomic mass is 16.5. The first-order valence-corrected chi connectivity index (χ1v) is 5.22. The molecule has 5 heteroatoms. The lowest BCUT2D eigenvalue weighted by molar-refractivity contribution is 0.102. The summed E-state index contributed by atoms with van der Waals surface area (Å²) in [6, 6.07) is 0. The number of hydrogen-bond donors (Lipinski definition) is 1. The normalized spacial score (nSPS) is 37.0. The summed E-state index contributed by atoms with van der Waals surface area (Å²) in [5.41, 5.74) is 8.40. The molecule has 2 heterocycles. The SMILES string of the molecule is [N-]=[N+]=NCC1CC2(CCCCN2)CO1. The molecule has 0 saturated carbocycles. The van der Waals surface area contributed by atoms with Crippen LogP contribution in [0.2, 0.25) is 0 Å². The zero-order valence-electron chi connectivity index (χ0n) is 8.28. The van der Waals surface area contributed by atoms with Crippen LogP contribution in [0.25, 0.3) is 10.4 Å². The van der Waals surface area contributed by atoms with E-state index < -0.39 is 0 Å². The molecule has 2 unspecified atom stereocenters. The van der Waals surface area contributed by atoms with E-state index in [2.05, 4.69) is 15.3 Å². The van der Waals surface area contributed by atoms with E-state index in [9.17, 15) is 0 Å². The second-order valence-corrected chi connectivity index (χ2v) is 4.21. The second-order valence-electron chi connectivity index (χ2n) is 4.21. The van der Waals surface area contributed by atoms with Crippen molar-refractivity contribution in [2.24, 2.45) is 5.11 Å². The molecule has 0 aromatic rings. The van der Waals surface area contributed by atoms with Gasteiger partial charge in [0.25, 0.3) is 0 Å². The van der Waals surface area contributed by atoms with Gasteiger partial charge in [-0.1, -0.05) is 11.5 Å². The van der Waals surface area contributed by atoms with Crippen molar-refractivity contribution in [3.05, 3.63) is 10.4 Å². The van der Waals surface area contributed by atoms with Crippen LogP contribution in [0.1, 0.15) is 25.7 Å². The zero-order chi connectivity index (χ0) is 9.86. The van der Waals surface area contributed by atoms with Gasteiger partial charge < -0.3 is 10.1 Å². The van der Waals surface area contributed by atoms with Crippen molar-refractivity contribution in [2.75, 3.05) is 19.7 Å². The molecule has 2 rings (SSSR count). The van der Waals surface area contributed by atoms with Crippen molar-refractivity contribution in [3.8, 4) is 0 Å². The molecule has 2 fully saturated rings. The van der Waals surface area contributed by atoms with Gasteiger partial charge in [-0.3, -0.25) is 0 Å². The van der Waals surface area contributed by atoms with Gasteiger partial charge in [0, 0.05) is 10.5 Å². The van der Waals surface area contributed by atoms with Gasteiger partial charge in [0.15, 0.2) is 0 Å². The van der Waals surface area contributed by atoms with E-state index >= 15 is 0 Å². The van der Waals surface area contributed by atoms with Gasteiger partial charge in [-0.15, -0.1) is 0 Å². The standard InChI is InChI=1S/C9H16N4O/c10-13-12-6-8-5-9(7-14-8)3-1-2-4-11-9/h8,11H,1-7H2. The van der Waals surface area contributed by atoms with E-state index in [0.29, 0.717) is 6.54 Å². The molecule has 0 bridgehead atoms. The maximum Gasteiger partial charge on any atom is 0.0653 e. The predicted molar refractivity (Wildman–Crippen MR) is 53.0 cm³/mol. The summed E-state index contributed by atoms with van der Waals surface area (Å²) in [5, 5.41) is 7.10. The maximum atomic E-state index is 8.22. The zero-order valence-corrected chi connectivity index (χ0v) is 8.28. The lowest BCUT2D eigenvalue weighted by Crippen LogP contribution is -2.49. The van der Waals surface area contributed by atoms with Gasteiger partial charge in [0.1, 0.15) is 0 Å². The van der Waals surface area contributed by atoms with E-state index in [0.717, 1.165) is 19.6 Å². The molecule has 2 aliphatic rings. The summed E-state index contributed by atoms with van der Waals surface area (Å²) >= 11 is 0. The third kappa shape index (κ3) is 2.00. The molecule has 2 atom stereocenters. The van der Waals surface area contributed by atoms with Crippen LogP contribution >= 0.6 is 0 Å².